The first kappa shape index (κ1) is 21.4. The lowest BCUT2D eigenvalue weighted by Gasteiger charge is -2.22. The van der Waals surface area contributed by atoms with Gasteiger partial charge in [0.25, 0.3) is 5.56 Å². The molecule has 3 rings (SSSR count). The molecule has 0 bridgehead atoms. The van der Waals surface area contributed by atoms with Crippen molar-refractivity contribution in [3.63, 3.8) is 0 Å². The molecule has 1 heterocycles. The second kappa shape index (κ2) is 9.43. The number of fused-ring (bicyclic) bond motifs is 1. The number of hydrogen-bond donors (Lipinski definition) is 0. The van der Waals surface area contributed by atoms with Gasteiger partial charge in [-0.05, 0) is 37.3 Å². The topological polar surface area (TPSA) is 64.4 Å². The molecule has 8 heteroatoms. The number of anilines is 1. The van der Waals surface area contributed by atoms with Crippen molar-refractivity contribution in [1.82, 2.24) is 9.55 Å². The number of amides is 1. The van der Waals surface area contributed by atoms with Gasteiger partial charge in [-0.1, -0.05) is 41.6 Å². The van der Waals surface area contributed by atoms with Crippen molar-refractivity contribution in [3.05, 3.63) is 63.9 Å². The molecule has 0 aliphatic rings. The molecule has 0 radical (unpaired) electrons. The Morgan fingerprint density at radius 1 is 1.28 bits per heavy atom. The van der Waals surface area contributed by atoms with Crippen molar-refractivity contribution in [1.29, 1.82) is 0 Å². The summed E-state index contributed by atoms with van der Waals surface area (Å²) >= 11 is 7.32. The van der Waals surface area contributed by atoms with Gasteiger partial charge in [0.2, 0.25) is 5.91 Å². The van der Waals surface area contributed by atoms with Gasteiger partial charge >= 0.3 is 0 Å². The number of para-hydroxylation sites is 1. The van der Waals surface area contributed by atoms with Gasteiger partial charge in [-0.2, -0.15) is 0 Å². The van der Waals surface area contributed by atoms with E-state index in [4.69, 9.17) is 16.3 Å². The number of hydrogen-bond acceptors (Lipinski definition) is 5. The van der Waals surface area contributed by atoms with E-state index in [1.165, 1.54) is 11.8 Å². The summed E-state index contributed by atoms with van der Waals surface area (Å²) in [5, 5.41) is 1.000. The van der Waals surface area contributed by atoms with Gasteiger partial charge in [0, 0.05) is 24.9 Å². The third-order valence-corrected chi connectivity index (χ3v) is 5.82. The fraction of sp³-hybridized carbons (Fsp3) is 0.286. The Bertz CT molecular complexity index is 1070. The number of halogens is 1. The molecule has 0 unspecified atom stereocenters. The summed E-state index contributed by atoms with van der Waals surface area (Å²) in [7, 11) is 3.31. The molecule has 0 spiro atoms. The Morgan fingerprint density at radius 2 is 2.00 bits per heavy atom. The quantitative estimate of drug-likeness (QED) is 0.420. The van der Waals surface area contributed by atoms with Crippen molar-refractivity contribution in [3.8, 4) is 0 Å². The van der Waals surface area contributed by atoms with Crippen LogP contribution in [-0.4, -0.2) is 41.5 Å². The number of methoxy groups -OCH3 is 1. The van der Waals surface area contributed by atoms with Crippen LogP contribution < -0.4 is 10.5 Å². The molecule has 0 aliphatic carbocycles. The van der Waals surface area contributed by atoms with Gasteiger partial charge in [0.1, 0.15) is 0 Å². The Kier molecular flexibility index (Phi) is 6.95. The molecule has 0 fully saturated rings. The zero-order valence-corrected chi connectivity index (χ0v) is 18.0. The maximum atomic E-state index is 13.0. The van der Waals surface area contributed by atoms with Crippen LogP contribution >= 0.6 is 23.4 Å². The van der Waals surface area contributed by atoms with Gasteiger partial charge in [0.15, 0.2) is 5.16 Å². The average Bonchev–Trinajstić information content (AvgIpc) is 2.72. The van der Waals surface area contributed by atoms with Crippen LogP contribution in [0.1, 0.15) is 6.92 Å². The second-order valence-electron chi connectivity index (χ2n) is 6.50. The predicted molar refractivity (Wildman–Crippen MR) is 118 cm³/mol. The molecule has 3 aromatic rings. The summed E-state index contributed by atoms with van der Waals surface area (Å²) in [6.07, 6.45) is 0. The molecule has 1 amide bonds. The third-order valence-electron chi connectivity index (χ3n) is 4.51. The van der Waals surface area contributed by atoms with Crippen molar-refractivity contribution >= 4 is 45.9 Å². The highest BCUT2D eigenvalue weighted by molar-refractivity contribution is 8.00. The van der Waals surface area contributed by atoms with Gasteiger partial charge in [-0.3, -0.25) is 14.2 Å². The van der Waals surface area contributed by atoms with E-state index in [1.54, 1.807) is 48.7 Å². The first-order chi connectivity index (χ1) is 13.9. The predicted octanol–water partition coefficient (Wildman–Crippen LogP) is 3.84. The SMILES string of the molecule is COCCn1c(S[C@@H](C)C(=O)N(C)c2ccccc2)nc2cc(Cl)ccc2c1=O. The Balaban J connectivity index is 1.94. The fourth-order valence-electron chi connectivity index (χ4n) is 2.90. The summed E-state index contributed by atoms with van der Waals surface area (Å²) in [6, 6.07) is 14.4. The summed E-state index contributed by atoms with van der Waals surface area (Å²) in [5.41, 5.74) is 1.14. The van der Waals surface area contributed by atoms with Crippen LogP contribution in [0.4, 0.5) is 5.69 Å². The number of carbonyl (C=O) groups is 1. The molecular weight excluding hydrogens is 410 g/mol. The lowest BCUT2D eigenvalue weighted by Crippen LogP contribution is -2.34. The number of thioether (sulfide) groups is 1. The van der Waals surface area contributed by atoms with E-state index in [0.29, 0.717) is 34.2 Å². The third kappa shape index (κ3) is 4.80. The second-order valence-corrected chi connectivity index (χ2v) is 8.24. The molecule has 1 aromatic heterocycles. The smallest absolute Gasteiger partial charge is 0.262 e. The minimum Gasteiger partial charge on any atom is -0.383 e. The highest BCUT2D eigenvalue weighted by atomic mass is 35.5. The monoisotopic (exact) mass is 431 g/mol. The van der Waals surface area contributed by atoms with E-state index in [9.17, 15) is 9.59 Å². The number of nitrogens with zero attached hydrogens (tertiary/aromatic N) is 3. The standard InChI is InChI=1S/C21H22ClN3O3S/c1-14(19(26)24(2)16-7-5-4-6-8-16)29-21-23-18-13-15(22)9-10-17(18)20(27)25(21)11-12-28-3/h4-10,13-14H,11-12H2,1-3H3/t14-/m0/s1. The average molecular weight is 432 g/mol. The number of rotatable bonds is 7. The first-order valence-electron chi connectivity index (χ1n) is 9.10. The maximum absolute atomic E-state index is 13.0. The fourth-order valence-corrected chi connectivity index (χ4v) is 4.10. The zero-order chi connectivity index (χ0) is 21.0. The van der Waals surface area contributed by atoms with Crippen LogP contribution in [0.2, 0.25) is 5.02 Å². The molecule has 6 nitrogen and oxygen atoms in total. The van der Waals surface area contributed by atoms with Crippen molar-refractivity contribution in [2.24, 2.45) is 0 Å². The van der Waals surface area contributed by atoms with Gasteiger partial charge in [-0.15, -0.1) is 0 Å². The summed E-state index contributed by atoms with van der Waals surface area (Å²) < 4.78 is 6.69. The summed E-state index contributed by atoms with van der Waals surface area (Å²) in [5.74, 6) is -0.0834. The summed E-state index contributed by atoms with van der Waals surface area (Å²) in [6.45, 7) is 2.51. The van der Waals surface area contributed by atoms with Crippen LogP contribution in [0.5, 0.6) is 0 Å². The maximum Gasteiger partial charge on any atom is 0.262 e. The largest absolute Gasteiger partial charge is 0.383 e. The van der Waals surface area contributed by atoms with E-state index < -0.39 is 5.25 Å². The minimum atomic E-state index is -0.447. The Morgan fingerprint density at radius 3 is 2.69 bits per heavy atom. The van der Waals surface area contributed by atoms with E-state index in [0.717, 1.165) is 5.69 Å². The van der Waals surface area contributed by atoms with E-state index >= 15 is 0 Å². The van der Waals surface area contributed by atoms with Gasteiger partial charge < -0.3 is 9.64 Å². The van der Waals surface area contributed by atoms with Crippen molar-refractivity contribution < 1.29 is 9.53 Å². The molecular formula is C21H22ClN3O3S. The normalized spacial score (nSPS) is 12.1. The number of benzene rings is 2. The van der Waals surface area contributed by atoms with Crippen LogP contribution in [0.3, 0.4) is 0 Å². The molecule has 0 saturated carbocycles. The molecule has 2 aromatic carbocycles. The van der Waals surface area contributed by atoms with E-state index in [2.05, 4.69) is 4.98 Å². The highest BCUT2D eigenvalue weighted by Crippen LogP contribution is 2.26. The van der Waals surface area contributed by atoms with Crippen LogP contribution in [0.15, 0.2) is 58.5 Å². The Hall–Kier alpha value is -2.35. The zero-order valence-electron chi connectivity index (χ0n) is 16.5. The molecule has 0 saturated heterocycles. The van der Waals surface area contributed by atoms with E-state index in [1.807, 2.05) is 30.3 Å². The van der Waals surface area contributed by atoms with Crippen molar-refractivity contribution in [2.45, 2.75) is 23.9 Å². The lowest BCUT2D eigenvalue weighted by atomic mass is 10.2. The van der Waals surface area contributed by atoms with Gasteiger partial charge in [0.05, 0.1) is 29.3 Å². The van der Waals surface area contributed by atoms with Crippen LogP contribution in [-0.2, 0) is 16.1 Å². The number of aromatic nitrogens is 2. The summed E-state index contributed by atoms with van der Waals surface area (Å²) in [4.78, 5) is 32.1. The number of carbonyl (C=O) groups excluding carboxylic acids is 1. The van der Waals surface area contributed by atoms with Crippen LogP contribution in [0.25, 0.3) is 10.9 Å². The van der Waals surface area contributed by atoms with Gasteiger partial charge in [-0.25, -0.2) is 4.98 Å². The highest BCUT2D eigenvalue weighted by Gasteiger charge is 2.23. The minimum absolute atomic E-state index is 0.0834. The molecule has 29 heavy (non-hydrogen) atoms. The van der Waals surface area contributed by atoms with E-state index in [-0.39, 0.29) is 11.5 Å². The Labute approximate surface area is 178 Å². The lowest BCUT2D eigenvalue weighted by molar-refractivity contribution is -0.117. The number of ether oxygens (including phenoxy) is 1. The van der Waals surface area contributed by atoms with Crippen molar-refractivity contribution in [2.75, 3.05) is 25.7 Å². The molecule has 0 N–H and O–H groups in total. The van der Waals surface area contributed by atoms with Crippen LogP contribution in [0, 0.1) is 0 Å². The molecule has 152 valence electrons. The molecule has 0 aliphatic heterocycles. The molecule has 1 atom stereocenters. The first-order valence-corrected chi connectivity index (χ1v) is 10.4.